The molecule has 10 heteroatoms. The van der Waals surface area contributed by atoms with Crippen molar-refractivity contribution in [3.63, 3.8) is 0 Å². The number of carbonyl (C=O) groups is 2. The highest BCUT2D eigenvalue weighted by Gasteiger charge is 2.27. The number of amides is 2. The third kappa shape index (κ3) is 13.8. The Labute approximate surface area is 157 Å². The number of phosphoric acid groups is 1. The smallest absolute Gasteiger partial charge is 0.353 e. The third-order valence-corrected chi connectivity index (χ3v) is 4.19. The van der Waals surface area contributed by atoms with Gasteiger partial charge in [-0.1, -0.05) is 26.6 Å². The topological polar surface area (TPSA) is 138 Å². The summed E-state index contributed by atoms with van der Waals surface area (Å²) in [6.07, 6.45) is 1.67. The zero-order chi connectivity index (χ0) is 21.3. The summed E-state index contributed by atoms with van der Waals surface area (Å²) in [5, 5.41) is 13.6. The molecule has 0 saturated carbocycles. The van der Waals surface area contributed by atoms with Gasteiger partial charge in [-0.05, 0) is 12.8 Å². The van der Waals surface area contributed by atoms with Crippen molar-refractivity contribution in [3.8, 4) is 6.07 Å². The highest BCUT2D eigenvalue weighted by atomic mass is 31.2. The Kier molecular flexibility index (Phi) is 11.8. The van der Waals surface area contributed by atoms with Gasteiger partial charge in [0.25, 0.3) is 0 Å². The van der Waals surface area contributed by atoms with Crippen LogP contribution in [0.2, 0.25) is 0 Å². The maximum absolute atomic E-state index is 11.9. The molecular weight excluding hydrogens is 361 g/mol. The summed E-state index contributed by atoms with van der Waals surface area (Å²) >= 11 is 0. The average molecular weight is 393 g/mol. The first-order valence-electron chi connectivity index (χ1n) is 9.90. The minimum absolute atomic E-state index is 0.0853. The zero-order valence-electron chi connectivity index (χ0n) is 16.9. The van der Waals surface area contributed by atoms with Gasteiger partial charge in [-0.25, -0.2) is 4.57 Å². The SMILES string of the molecule is [2H]CCCCC(=O)NCC(CNC(=O)CCCC[2H])OP(=O)(O)OCCC#N. The van der Waals surface area contributed by atoms with Gasteiger partial charge < -0.3 is 15.5 Å². The van der Waals surface area contributed by atoms with Crippen LogP contribution in [0.15, 0.2) is 0 Å². The molecule has 0 aromatic carbocycles. The molecule has 0 aromatic heterocycles. The van der Waals surface area contributed by atoms with Gasteiger partial charge in [-0.2, -0.15) is 5.26 Å². The Balaban J connectivity index is 4.59. The summed E-state index contributed by atoms with van der Waals surface area (Å²) in [7, 11) is -4.45. The van der Waals surface area contributed by atoms with E-state index < -0.39 is 13.9 Å². The number of hydrogen-bond donors (Lipinski definition) is 3. The quantitative estimate of drug-likeness (QED) is 0.286. The predicted molar refractivity (Wildman–Crippen MR) is 95.9 cm³/mol. The number of rotatable bonds is 15. The van der Waals surface area contributed by atoms with Crippen molar-refractivity contribution in [2.75, 3.05) is 19.7 Å². The van der Waals surface area contributed by atoms with Crippen LogP contribution in [0, 0.1) is 11.3 Å². The number of nitriles is 1. The summed E-state index contributed by atoms with van der Waals surface area (Å²) < 4.78 is 35.7. The van der Waals surface area contributed by atoms with Gasteiger partial charge in [-0.3, -0.25) is 18.6 Å². The molecule has 0 aliphatic carbocycles. The summed E-state index contributed by atoms with van der Waals surface area (Å²) in [4.78, 5) is 33.3. The molecule has 0 aliphatic rings. The molecule has 26 heavy (non-hydrogen) atoms. The Hall–Kier alpha value is -1.46. The monoisotopic (exact) mass is 393 g/mol. The van der Waals surface area contributed by atoms with E-state index in [1.807, 2.05) is 0 Å². The number of unbranched alkanes of at least 4 members (excludes halogenated alkanes) is 2. The van der Waals surface area contributed by atoms with E-state index in [-0.39, 0.29) is 64.6 Å². The molecule has 3 N–H and O–H groups in total. The molecule has 9 nitrogen and oxygen atoms in total. The van der Waals surface area contributed by atoms with Crippen LogP contribution in [0.25, 0.3) is 0 Å². The Bertz CT molecular complexity index is 521. The molecule has 0 bridgehead atoms. The highest BCUT2D eigenvalue weighted by molar-refractivity contribution is 7.47. The van der Waals surface area contributed by atoms with Crippen molar-refractivity contribution in [2.24, 2.45) is 0 Å². The molecule has 0 aromatic rings. The lowest BCUT2D eigenvalue weighted by Crippen LogP contribution is -2.41. The normalized spacial score (nSPS) is 14.0. The number of hydrogen-bond acceptors (Lipinski definition) is 6. The number of nitrogens with one attached hydrogen (secondary N) is 2. The van der Waals surface area contributed by atoms with Gasteiger partial charge in [0.15, 0.2) is 0 Å². The molecule has 0 heterocycles. The first kappa shape index (κ1) is 20.8. The fourth-order valence-corrected chi connectivity index (χ4v) is 2.68. The van der Waals surface area contributed by atoms with E-state index in [1.165, 1.54) is 0 Å². The van der Waals surface area contributed by atoms with E-state index >= 15 is 0 Å². The van der Waals surface area contributed by atoms with Crippen molar-refractivity contribution in [1.29, 1.82) is 5.26 Å². The first-order chi connectivity index (χ1) is 13.3. The molecule has 0 radical (unpaired) electrons. The lowest BCUT2D eigenvalue weighted by atomic mass is 10.2. The average Bonchev–Trinajstić information content (AvgIpc) is 2.64. The van der Waals surface area contributed by atoms with Crippen molar-refractivity contribution in [3.05, 3.63) is 0 Å². The van der Waals surface area contributed by atoms with Crippen LogP contribution in [-0.4, -0.2) is 42.5 Å². The van der Waals surface area contributed by atoms with Crippen LogP contribution in [0.4, 0.5) is 0 Å². The second-order valence-electron chi connectivity index (χ2n) is 5.46. The summed E-state index contributed by atoms with van der Waals surface area (Å²) in [6.45, 7) is -0.0360. The lowest BCUT2D eigenvalue weighted by molar-refractivity contribution is -0.121. The summed E-state index contributed by atoms with van der Waals surface area (Å²) in [6, 6.07) is 1.77. The minimum atomic E-state index is -4.45. The number of carbonyl (C=O) groups excluding carboxylic acids is 2. The van der Waals surface area contributed by atoms with Crippen molar-refractivity contribution in [1.82, 2.24) is 10.6 Å². The van der Waals surface area contributed by atoms with Gasteiger partial charge in [0, 0.05) is 28.7 Å². The third-order valence-electron chi connectivity index (χ3n) is 3.11. The number of nitrogens with zero attached hydrogens (tertiary/aromatic N) is 1. The Morgan fingerprint density at radius 3 is 2.19 bits per heavy atom. The van der Waals surface area contributed by atoms with Crippen LogP contribution in [0.5, 0.6) is 0 Å². The fourth-order valence-electron chi connectivity index (χ4n) is 1.78. The van der Waals surface area contributed by atoms with E-state index in [0.717, 1.165) is 0 Å². The molecule has 1 atom stereocenters. The maximum Gasteiger partial charge on any atom is 0.472 e. The van der Waals surface area contributed by atoms with Crippen molar-refractivity contribution < 1.29 is 30.8 Å². The van der Waals surface area contributed by atoms with Crippen molar-refractivity contribution >= 4 is 19.6 Å². The molecule has 150 valence electrons. The van der Waals surface area contributed by atoms with Crippen molar-refractivity contribution in [2.45, 2.75) is 64.8 Å². The number of phosphoric ester groups is 1. The molecule has 0 aliphatic heterocycles. The predicted octanol–water partition coefficient (Wildman–Crippen LogP) is 2.02. The van der Waals surface area contributed by atoms with Gasteiger partial charge in [-0.15, -0.1) is 0 Å². The van der Waals surface area contributed by atoms with Crippen LogP contribution >= 0.6 is 7.82 Å². The van der Waals surface area contributed by atoms with Gasteiger partial charge in [0.05, 0.1) is 19.1 Å². The molecule has 1 unspecified atom stereocenters. The van der Waals surface area contributed by atoms with Crippen LogP contribution < -0.4 is 10.6 Å². The largest absolute Gasteiger partial charge is 0.472 e. The highest BCUT2D eigenvalue weighted by Crippen LogP contribution is 2.44. The summed E-state index contributed by atoms with van der Waals surface area (Å²) in [5.41, 5.74) is 0. The molecule has 0 rings (SSSR count). The van der Waals surface area contributed by atoms with E-state index in [9.17, 15) is 19.0 Å². The van der Waals surface area contributed by atoms with Gasteiger partial charge in [0.1, 0.15) is 6.10 Å². The van der Waals surface area contributed by atoms with Crippen LogP contribution in [-0.2, 0) is 23.2 Å². The van der Waals surface area contributed by atoms with Gasteiger partial charge >= 0.3 is 7.82 Å². The second-order valence-corrected chi connectivity index (χ2v) is 6.87. The van der Waals surface area contributed by atoms with E-state index in [1.54, 1.807) is 6.07 Å². The molecule has 2 amide bonds. The van der Waals surface area contributed by atoms with E-state index in [4.69, 9.17) is 12.5 Å². The first-order valence-corrected chi connectivity index (χ1v) is 9.98. The van der Waals surface area contributed by atoms with Crippen LogP contribution in [0.1, 0.15) is 61.5 Å². The Morgan fingerprint density at radius 2 is 1.73 bits per heavy atom. The molecule has 0 spiro atoms. The van der Waals surface area contributed by atoms with Gasteiger partial charge in [0.2, 0.25) is 11.8 Å². The van der Waals surface area contributed by atoms with E-state index in [2.05, 4.69) is 15.2 Å². The summed E-state index contributed by atoms with van der Waals surface area (Å²) in [5.74, 6) is -0.580. The van der Waals surface area contributed by atoms with E-state index in [0.29, 0.717) is 25.7 Å². The molecule has 0 saturated heterocycles. The second kappa shape index (κ2) is 14.7. The van der Waals surface area contributed by atoms with Crippen LogP contribution in [0.3, 0.4) is 0 Å². The molecule has 0 fully saturated rings. The maximum atomic E-state index is 11.9. The fraction of sp³-hybridized carbons (Fsp3) is 0.812. The lowest BCUT2D eigenvalue weighted by Gasteiger charge is -2.21. The zero-order valence-corrected chi connectivity index (χ0v) is 15.8. The minimum Gasteiger partial charge on any atom is -0.353 e. The standard InChI is InChI=1S/C16H30N3O6P/c1-3-5-8-15(20)18-12-14(13-19-16(21)9-6-4-2)25-26(22,23)24-11-7-10-17/h14H,3-9,11-13H2,1-2H3,(H,18,20)(H,19,21)(H,22,23)/i1D,2D. The molecular formula is C16H30N3O6P. The Morgan fingerprint density at radius 1 is 1.19 bits per heavy atom.